The topological polar surface area (TPSA) is 29.3 Å². The lowest BCUT2D eigenvalue weighted by molar-refractivity contribution is 0.362. The molecule has 0 aromatic heterocycles. The quantitative estimate of drug-likeness (QED) is 0.644. The van der Waals surface area contributed by atoms with Crippen LogP contribution in [0.4, 0.5) is 5.69 Å². The Morgan fingerprint density at radius 1 is 1.31 bits per heavy atom. The number of likely N-dealkylation sites (tertiary alicyclic amines) is 1. The zero-order valence-electron chi connectivity index (χ0n) is 9.91. The van der Waals surface area contributed by atoms with Crippen molar-refractivity contribution < 1.29 is 0 Å². The van der Waals surface area contributed by atoms with Crippen molar-refractivity contribution in [2.45, 2.75) is 24.7 Å². The molecular weight excluding hydrogens is 216 g/mol. The van der Waals surface area contributed by atoms with Gasteiger partial charge < -0.3 is 10.6 Å². The highest BCUT2D eigenvalue weighted by molar-refractivity contribution is 7.99. The molecule has 2 nitrogen and oxygen atoms in total. The van der Waals surface area contributed by atoms with Gasteiger partial charge in [0, 0.05) is 22.9 Å². The highest BCUT2D eigenvalue weighted by atomic mass is 32.2. The lowest BCUT2D eigenvalue weighted by atomic mass is 10.2. The summed E-state index contributed by atoms with van der Waals surface area (Å²) in [4.78, 5) is 3.88. The number of thioether (sulfide) groups is 1. The van der Waals surface area contributed by atoms with Crippen LogP contribution in [0, 0.1) is 6.92 Å². The summed E-state index contributed by atoms with van der Waals surface area (Å²) in [5, 5.41) is 0. The number of anilines is 1. The Kier molecular flexibility index (Phi) is 4.13. The molecule has 2 N–H and O–H groups in total. The first-order valence-corrected chi connectivity index (χ1v) is 6.95. The number of nitrogens with two attached hydrogens (primary N) is 1. The van der Waals surface area contributed by atoms with Crippen LogP contribution in [0.2, 0.25) is 0 Å². The van der Waals surface area contributed by atoms with E-state index < -0.39 is 0 Å². The Bertz CT molecular complexity index is 346. The second-order valence-corrected chi connectivity index (χ2v) is 5.56. The van der Waals surface area contributed by atoms with E-state index in [1.165, 1.54) is 48.7 Å². The van der Waals surface area contributed by atoms with E-state index in [1.54, 1.807) is 0 Å². The van der Waals surface area contributed by atoms with Crippen molar-refractivity contribution in [3.63, 3.8) is 0 Å². The molecule has 0 saturated carbocycles. The molecule has 1 aliphatic heterocycles. The molecule has 88 valence electrons. The summed E-state index contributed by atoms with van der Waals surface area (Å²) in [7, 11) is 0. The molecule has 2 rings (SSSR count). The SMILES string of the molecule is Cc1ccc(N)cc1SCCN1CCCC1. The van der Waals surface area contributed by atoms with Gasteiger partial charge in [-0.3, -0.25) is 0 Å². The van der Waals surface area contributed by atoms with Gasteiger partial charge in [-0.2, -0.15) is 0 Å². The molecule has 1 aromatic rings. The molecule has 0 spiro atoms. The van der Waals surface area contributed by atoms with Gasteiger partial charge in [0.25, 0.3) is 0 Å². The molecule has 0 atom stereocenters. The van der Waals surface area contributed by atoms with Crippen LogP contribution in [0.15, 0.2) is 23.1 Å². The zero-order chi connectivity index (χ0) is 11.4. The summed E-state index contributed by atoms with van der Waals surface area (Å²) in [5.74, 6) is 1.17. The van der Waals surface area contributed by atoms with E-state index in [0.29, 0.717) is 0 Å². The average molecular weight is 236 g/mol. The first-order valence-electron chi connectivity index (χ1n) is 5.97. The van der Waals surface area contributed by atoms with Crippen LogP contribution in [0.5, 0.6) is 0 Å². The van der Waals surface area contributed by atoms with Gasteiger partial charge in [0.05, 0.1) is 0 Å². The molecule has 0 unspecified atom stereocenters. The lowest BCUT2D eigenvalue weighted by Crippen LogP contribution is -2.21. The summed E-state index contributed by atoms with van der Waals surface area (Å²) in [6, 6.07) is 6.16. The minimum Gasteiger partial charge on any atom is -0.399 e. The van der Waals surface area contributed by atoms with E-state index in [4.69, 9.17) is 5.73 Å². The maximum absolute atomic E-state index is 5.80. The predicted molar refractivity (Wildman–Crippen MR) is 72.0 cm³/mol. The van der Waals surface area contributed by atoms with Crippen molar-refractivity contribution in [2.75, 3.05) is 31.1 Å². The van der Waals surface area contributed by atoms with Crippen molar-refractivity contribution >= 4 is 17.4 Å². The summed E-state index contributed by atoms with van der Waals surface area (Å²) >= 11 is 1.93. The summed E-state index contributed by atoms with van der Waals surface area (Å²) in [5.41, 5.74) is 8.00. The Hall–Kier alpha value is -0.670. The first kappa shape index (κ1) is 11.8. The Morgan fingerprint density at radius 3 is 2.81 bits per heavy atom. The fourth-order valence-electron chi connectivity index (χ4n) is 2.06. The van der Waals surface area contributed by atoms with Crippen LogP contribution in [0.3, 0.4) is 0 Å². The molecular formula is C13H20N2S. The smallest absolute Gasteiger partial charge is 0.0325 e. The molecule has 1 heterocycles. The third-order valence-electron chi connectivity index (χ3n) is 3.08. The van der Waals surface area contributed by atoms with Crippen molar-refractivity contribution in [3.05, 3.63) is 23.8 Å². The predicted octanol–water partition coefficient (Wildman–Crippen LogP) is 2.77. The monoisotopic (exact) mass is 236 g/mol. The summed E-state index contributed by atoms with van der Waals surface area (Å²) < 4.78 is 0. The van der Waals surface area contributed by atoms with Crippen LogP contribution >= 0.6 is 11.8 Å². The van der Waals surface area contributed by atoms with Gasteiger partial charge in [-0.1, -0.05) is 6.07 Å². The van der Waals surface area contributed by atoms with Gasteiger partial charge in [0.1, 0.15) is 0 Å². The molecule has 1 aliphatic rings. The normalized spacial score (nSPS) is 16.8. The fourth-order valence-corrected chi connectivity index (χ4v) is 3.15. The maximum Gasteiger partial charge on any atom is 0.0325 e. The molecule has 1 saturated heterocycles. The second-order valence-electron chi connectivity index (χ2n) is 4.42. The van der Waals surface area contributed by atoms with Gasteiger partial charge in [0.15, 0.2) is 0 Å². The van der Waals surface area contributed by atoms with E-state index >= 15 is 0 Å². The van der Waals surface area contributed by atoms with E-state index in [1.807, 2.05) is 17.8 Å². The third-order valence-corrected chi connectivity index (χ3v) is 4.21. The Morgan fingerprint density at radius 2 is 2.06 bits per heavy atom. The average Bonchev–Trinajstić information content (AvgIpc) is 2.76. The largest absolute Gasteiger partial charge is 0.399 e. The van der Waals surface area contributed by atoms with Gasteiger partial charge >= 0.3 is 0 Å². The Labute approximate surface area is 102 Å². The number of nitrogen functional groups attached to an aromatic ring is 1. The zero-order valence-corrected chi connectivity index (χ0v) is 10.7. The van der Waals surface area contributed by atoms with Crippen molar-refractivity contribution in [2.24, 2.45) is 0 Å². The van der Waals surface area contributed by atoms with Crippen molar-refractivity contribution in [3.8, 4) is 0 Å². The molecule has 1 fully saturated rings. The highest BCUT2D eigenvalue weighted by Crippen LogP contribution is 2.24. The van der Waals surface area contributed by atoms with Crippen LogP contribution < -0.4 is 5.73 Å². The van der Waals surface area contributed by atoms with Crippen LogP contribution in [0.1, 0.15) is 18.4 Å². The lowest BCUT2D eigenvalue weighted by Gasteiger charge is -2.14. The minimum atomic E-state index is 0.870. The van der Waals surface area contributed by atoms with Crippen molar-refractivity contribution in [1.82, 2.24) is 4.90 Å². The molecule has 0 amide bonds. The fraction of sp³-hybridized carbons (Fsp3) is 0.538. The molecule has 0 radical (unpaired) electrons. The van der Waals surface area contributed by atoms with E-state index in [-0.39, 0.29) is 0 Å². The van der Waals surface area contributed by atoms with E-state index in [0.717, 1.165) is 5.69 Å². The van der Waals surface area contributed by atoms with Crippen LogP contribution in [-0.4, -0.2) is 30.3 Å². The third kappa shape index (κ3) is 3.16. The summed E-state index contributed by atoms with van der Waals surface area (Å²) in [6.45, 7) is 5.93. The van der Waals surface area contributed by atoms with Gasteiger partial charge in [0.2, 0.25) is 0 Å². The molecule has 16 heavy (non-hydrogen) atoms. The number of aryl methyl sites for hydroxylation is 1. The van der Waals surface area contributed by atoms with Crippen LogP contribution in [0.25, 0.3) is 0 Å². The molecule has 0 bridgehead atoms. The second kappa shape index (κ2) is 5.60. The number of hydrogen-bond acceptors (Lipinski definition) is 3. The maximum atomic E-state index is 5.80. The minimum absolute atomic E-state index is 0.870. The van der Waals surface area contributed by atoms with Gasteiger partial charge in [-0.05, 0) is 50.6 Å². The Balaban J connectivity index is 1.82. The number of benzene rings is 1. The number of hydrogen-bond donors (Lipinski definition) is 1. The summed E-state index contributed by atoms with van der Waals surface area (Å²) in [6.07, 6.45) is 2.75. The van der Waals surface area contributed by atoms with Crippen LogP contribution in [-0.2, 0) is 0 Å². The number of rotatable bonds is 4. The standard InChI is InChI=1S/C13H20N2S/c1-11-4-5-12(14)10-13(11)16-9-8-15-6-2-3-7-15/h4-5,10H,2-3,6-9,14H2,1H3. The van der Waals surface area contributed by atoms with Gasteiger partial charge in [-0.25, -0.2) is 0 Å². The molecule has 1 aromatic carbocycles. The highest BCUT2D eigenvalue weighted by Gasteiger charge is 2.10. The van der Waals surface area contributed by atoms with Crippen molar-refractivity contribution in [1.29, 1.82) is 0 Å². The van der Waals surface area contributed by atoms with E-state index in [2.05, 4.69) is 24.0 Å². The first-order chi connectivity index (χ1) is 7.75. The molecule has 3 heteroatoms. The van der Waals surface area contributed by atoms with Gasteiger partial charge in [-0.15, -0.1) is 11.8 Å². The number of nitrogens with zero attached hydrogens (tertiary/aromatic N) is 1. The van der Waals surface area contributed by atoms with E-state index in [9.17, 15) is 0 Å². The molecule has 0 aliphatic carbocycles.